The molecule has 1 saturated carbocycles. The van der Waals surface area contributed by atoms with Crippen LogP contribution in [0.5, 0.6) is 0 Å². The minimum atomic E-state index is -0.282. The molecule has 2 N–H and O–H groups in total. The van der Waals surface area contributed by atoms with Gasteiger partial charge in [-0.3, -0.25) is 4.79 Å². The number of fused-ring (bicyclic) bond motifs is 1. The predicted octanol–water partition coefficient (Wildman–Crippen LogP) is 5.51. The van der Waals surface area contributed by atoms with Gasteiger partial charge >= 0.3 is 0 Å². The number of rotatable bonds is 4. The Bertz CT molecular complexity index is 990. The molecule has 1 heterocycles. The van der Waals surface area contributed by atoms with Gasteiger partial charge in [0.05, 0.1) is 25.8 Å². The number of anilines is 1. The number of carbonyl (C=O) groups excluding carboxylic acids is 1. The van der Waals surface area contributed by atoms with E-state index in [0.717, 1.165) is 34.6 Å². The minimum Gasteiger partial charge on any atom is -0.357 e. The van der Waals surface area contributed by atoms with Gasteiger partial charge in [-0.25, -0.2) is 9.37 Å². The third kappa shape index (κ3) is 3.88. The molecule has 4 rings (SSSR count). The molecule has 0 unspecified atom stereocenters. The number of aromatic nitrogens is 1. The molecule has 0 spiro atoms. The largest absolute Gasteiger partial charge is 0.357 e. The fraction of sp³-hybridized carbons (Fsp3) is 0.263. The summed E-state index contributed by atoms with van der Waals surface area (Å²) in [6.07, 6.45) is 2.74. The van der Waals surface area contributed by atoms with E-state index in [1.54, 1.807) is 24.3 Å². The standard InChI is InChI=1S/C19H16Cl2FN3OS/c20-11-3-1-4-12(21)17(11)18(26)23-13-5-2-6-14(13)24-19-25-15-8-7-10(22)9-16(15)27-19/h1,3-4,7-9,13-14H,2,5-6H2,(H,23,26)(H,24,25)/t13-,14-/m0/s1. The summed E-state index contributed by atoms with van der Waals surface area (Å²) in [4.78, 5) is 17.2. The first-order valence-corrected chi connectivity index (χ1v) is 10.2. The monoisotopic (exact) mass is 423 g/mol. The molecule has 140 valence electrons. The first-order chi connectivity index (χ1) is 13.0. The molecule has 0 radical (unpaired) electrons. The zero-order chi connectivity index (χ0) is 19.0. The van der Waals surface area contributed by atoms with Crippen LogP contribution in [-0.4, -0.2) is 23.0 Å². The predicted molar refractivity (Wildman–Crippen MR) is 109 cm³/mol. The Morgan fingerprint density at radius 1 is 1.15 bits per heavy atom. The van der Waals surface area contributed by atoms with E-state index < -0.39 is 0 Å². The van der Waals surface area contributed by atoms with Gasteiger partial charge in [0.1, 0.15) is 5.82 Å². The highest BCUT2D eigenvalue weighted by Gasteiger charge is 2.30. The van der Waals surface area contributed by atoms with Gasteiger partial charge in [-0.1, -0.05) is 40.6 Å². The number of hydrogen-bond acceptors (Lipinski definition) is 4. The molecule has 2 atom stereocenters. The van der Waals surface area contributed by atoms with Gasteiger partial charge in [-0.05, 0) is 49.6 Å². The van der Waals surface area contributed by atoms with Crippen molar-refractivity contribution in [2.24, 2.45) is 0 Å². The Morgan fingerprint density at radius 2 is 1.89 bits per heavy atom. The van der Waals surface area contributed by atoms with E-state index in [1.165, 1.54) is 23.5 Å². The molecule has 3 aromatic rings. The number of thiazole rings is 1. The van der Waals surface area contributed by atoms with Crippen molar-refractivity contribution in [2.45, 2.75) is 31.3 Å². The van der Waals surface area contributed by atoms with Crippen molar-refractivity contribution in [1.82, 2.24) is 10.3 Å². The van der Waals surface area contributed by atoms with E-state index in [9.17, 15) is 9.18 Å². The molecule has 1 aromatic heterocycles. The summed E-state index contributed by atoms with van der Waals surface area (Å²) in [6.45, 7) is 0. The fourth-order valence-electron chi connectivity index (χ4n) is 3.38. The van der Waals surface area contributed by atoms with Crippen LogP contribution < -0.4 is 10.6 Å². The lowest BCUT2D eigenvalue weighted by molar-refractivity contribution is 0.0936. The zero-order valence-electron chi connectivity index (χ0n) is 14.1. The second-order valence-corrected chi connectivity index (χ2v) is 8.33. The number of carbonyl (C=O) groups is 1. The van der Waals surface area contributed by atoms with E-state index in [4.69, 9.17) is 23.2 Å². The number of nitrogens with one attached hydrogen (secondary N) is 2. The Morgan fingerprint density at radius 3 is 2.67 bits per heavy atom. The van der Waals surface area contributed by atoms with E-state index in [0.29, 0.717) is 15.6 Å². The molecule has 1 fully saturated rings. The first kappa shape index (κ1) is 18.5. The normalized spacial score (nSPS) is 19.4. The van der Waals surface area contributed by atoms with E-state index in [-0.39, 0.29) is 23.8 Å². The van der Waals surface area contributed by atoms with Gasteiger partial charge in [0.25, 0.3) is 5.91 Å². The third-order valence-corrected chi connectivity index (χ3v) is 6.26. The van der Waals surface area contributed by atoms with Crippen LogP contribution in [0, 0.1) is 5.82 Å². The summed E-state index contributed by atoms with van der Waals surface area (Å²) in [6, 6.07) is 9.52. The van der Waals surface area contributed by atoms with Crippen LogP contribution >= 0.6 is 34.5 Å². The van der Waals surface area contributed by atoms with Crippen molar-refractivity contribution in [1.29, 1.82) is 0 Å². The van der Waals surface area contributed by atoms with Crippen LogP contribution in [0.1, 0.15) is 29.6 Å². The summed E-state index contributed by atoms with van der Waals surface area (Å²) in [5.74, 6) is -0.559. The van der Waals surface area contributed by atoms with Crippen LogP contribution in [0.2, 0.25) is 10.0 Å². The Hall–Kier alpha value is -1.89. The number of nitrogens with zero attached hydrogens (tertiary/aromatic N) is 1. The zero-order valence-corrected chi connectivity index (χ0v) is 16.5. The highest BCUT2D eigenvalue weighted by molar-refractivity contribution is 7.22. The second kappa shape index (κ2) is 7.62. The summed E-state index contributed by atoms with van der Waals surface area (Å²) in [5, 5.41) is 7.81. The first-order valence-electron chi connectivity index (χ1n) is 8.59. The lowest BCUT2D eigenvalue weighted by Crippen LogP contribution is -2.43. The smallest absolute Gasteiger partial charge is 0.254 e. The van der Waals surface area contributed by atoms with E-state index in [1.807, 2.05) is 0 Å². The molecule has 0 saturated heterocycles. The minimum absolute atomic E-state index is 0.0422. The lowest BCUT2D eigenvalue weighted by atomic mass is 10.1. The lowest BCUT2D eigenvalue weighted by Gasteiger charge is -2.22. The van der Waals surface area contributed by atoms with Crippen LogP contribution in [0.3, 0.4) is 0 Å². The third-order valence-electron chi connectivity index (χ3n) is 4.68. The van der Waals surface area contributed by atoms with Crippen molar-refractivity contribution in [3.8, 4) is 0 Å². The van der Waals surface area contributed by atoms with Crippen LogP contribution in [0.4, 0.5) is 9.52 Å². The van der Waals surface area contributed by atoms with Crippen molar-refractivity contribution < 1.29 is 9.18 Å². The van der Waals surface area contributed by atoms with E-state index in [2.05, 4.69) is 15.6 Å². The molecule has 0 bridgehead atoms. The van der Waals surface area contributed by atoms with Crippen LogP contribution in [-0.2, 0) is 0 Å². The quantitative estimate of drug-likeness (QED) is 0.581. The van der Waals surface area contributed by atoms with E-state index >= 15 is 0 Å². The molecular weight excluding hydrogens is 408 g/mol. The maximum absolute atomic E-state index is 13.4. The molecule has 1 aliphatic carbocycles. The average molecular weight is 424 g/mol. The second-order valence-electron chi connectivity index (χ2n) is 6.49. The Kier molecular flexibility index (Phi) is 5.21. The number of hydrogen-bond donors (Lipinski definition) is 2. The van der Waals surface area contributed by atoms with Gasteiger partial charge in [-0.2, -0.15) is 0 Å². The number of halogens is 3. The molecular formula is C19H16Cl2FN3OS. The van der Waals surface area contributed by atoms with Gasteiger partial charge < -0.3 is 10.6 Å². The number of benzene rings is 2. The fourth-order valence-corrected chi connectivity index (χ4v) is 4.90. The topological polar surface area (TPSA) is 54.0 Å². The maximum Gasteiger partial charge on any atom is 0.254 e. The summed E-state index contributed by atoms with van der Waals surface area (Å²) in [7, 11) is 0. The van der Waals surface area contributed by atoms with Crippen molar-refractivity contribution in [2.75, 3.05) is 5.32 Å². The molecule has 8 heteroatoms. The molecule has 1 aliphatic rings. The average Bonchev–Trinajstić information content (AvgIpc) is 3.21. The maximum atomic E-state index is 13.4. The number of amides is 1. The summed E-state index contributed by atoms with van der Waals surface area (Å²) >= 11 is 13.7. The summed E-state index contributed by atoms with van der Waals surface area (Å²) in [5.41, 5.74) is 1.05. The van der Waals surface area contributed by atoms with Gasteiger partial charge in [0, 0.05) is 12.1 Å². The van der Waals surface area contributed by atoms with Crippen LogP contribution in [0.25, 0.3) is 10.2 Å². The highest BCUT2D eigenvalue weighted by Crippen LogP contribution is 2.31. The SMILES string of the molecule is O=C(N[C@H]1CCC[C@@H]1Nc1nc2ccc(F)cc2s1)c1c(Cl)cccc1Cl. The molecule has 1 amide bonds. The van der Waals surface area contributed by atoms with Gasteiger partial charge in [0.15, 0.2) is 5.13 Å². The molecule has 2 aromatic carbocycles. The highest BCUT2D eigenvalue weighted by atomic mass is 35.5. The Balaban J connectivity index is 1.49. The molecule has 4 nitrogen and oxygen atoms in total. The summed E-state index contributed by atoms with van der Waals surface area (Å²) < 4.78 is 14.2. The van der Waals surface area contributed by atoms with Crippen molar-refractivity contribution >= 4 is 55.8 Å². The van der Waals surface area contributed by atoms with Crippen molar-refractivity contribution in [3.05, 3.63) is 57.8 Å². The van der Waals surface area contributed by atoms with Crippen LogP contribution in [0.15, 0.2) is 36.4 Å². The van der Waals surface area contributed by atoms with Gasteiger partial charge in [0.2, 0.25) is 0 Å². The molecule has 27 heavy (non-hydrogen) atoms. The van der Waals surface area contributed by atoms with Crippen molar-refractivity contribution in [3.63, 3.8) is 0 Å². The Labute approximate surface area is 169 Å². The molecule has 0 aliphatic heterocycles. The van der Waals surface area contributed by atoms with Gasteiger partial charge in [-0.15, -0.1) is 0 Å².